The standard InChI is InChI=1S/C19H23NO7S/c1-5-27-15-8-6-7-14(11-15)20(13-19(21)26-4)28(22,23)16-9-10-17(24-2)18(12-16)25-3/h6-12H,5,13H2,1-4H3. The number of carbonyl (C=O) groups excluding carboxylic acids is 1. The van der Waals surface area contributed by atoms with E-state index in [9.17, 15) is 13.2 Å². The first-order valence-corrected chi connectivity index (χ1v) is 9.85. The minimum atomic E-state index is -4.11. The van der Waals surface area contributed by atoms with E-state index in [2.05, 4.69) is 4.74 Å². The molecule has 0 saturated heterocycles. The molecule has 0 heterocycles. The molecule has 28 heavy (non-hydrogen) atoms. The predicted octanol–water partition coefficient (Wildman–Crippen LogP) is 2.47. The predicted molar refractivity (Wildman–Crippen MR) is 104 cm³/mol. The Morgan fingerprint density at radius 2 is 1.71 bits per heavy atom. The summed E-state index contributed by atoms with van der Waals surface area (Å²) in [6.45, 7) is 1.74. The van der Waals surface area contributed by atoms with Crippen LogP contribution in [0.15, 0.2) is 47.4 Å². The summed E-state index contributed by atoms with van der Waals surface area (Å²) in [6, 6.07) is 10.7. The Kier molecular flexibility index (Phi) is 7.11. The second-order valence-corrected chi connectivity index (χ2v) is 7.40. The molecule has 0 amide bonds. The summed E-state index contributed by atoms with van der Waals surface area (Å²) in [6.07, 6.45) is 0. The molecule has 2 aromatic carbocycles. The highest BCUT2D eigenvalue weighted by Crippen LogP contribution is 2.33. The Morgan fingerprint density at radius 1 is 1.00 bits per heavy atom. The molecular formula is C19H23NO7S. The molecule has 0 N–H and O–H groups in total. The number of esters is 1. The molecule has 2 aromatic rings. The molecule has 0 aliphatic carbocycles. The molecule has 0 aliphatic rings. The molecule has 0 spiro atoms. The van der Waals surface area contributed by atoms with Gasteiger partial charge in [0.15, 0.2) is 11.5 Å². The molecule has 0 aliphatic heterocycles. The summed E-state index contributed by atoms with van der Waals surface area (Å²) in [5.41, 5.74) is 0.270. The average molecular weight is 409 g/mol. The average Bonchev–Trinajstić information content (AvgIpc) is 2.71. The van der Waals surface area contributed by atoms with Gasteiger partial charge in [-0.3, -0.25) is 9.10 Å². The van der Waals surface area contributed by atoms with Crippen LogP contribution in [0.2, 0.25) is 0 Å². The number of rotatable bonds is 9. The van der Waals surface area contributed by atoms with Gasteiger partial charge in [-0.05, 0) is 31.2 Å². The first kappa shape index (κ1) is 21.4. The second-order valence-electron chi connectivity index (χ2n) is 5.53. The first-order valence-electron chi connectivity index (χ1n) is 8.41. The number of nitrogens with zero attached hydrogens (tertiary/aromatic N) is 1. The molecule has 9 heteroatoms. The van der Waals surface area contributed by atoms with Gasteiger partial charge in [0.05, 0.1) is 38.5 Å². The number of benzene rings is 2. The Balaban J connectivity index is 2.56. The van der Waals surface area contributed by atoms with E-state index in [1.165, 1.54) is 39.5 Å². The largest absolute Gasteiger partial charge is 0.494 e. The summed E-state index contributed by atoms with van der Waals surface area (Å²) >= 11 is 0. The normalized spacial score (nSPS) is 10.9. The van der Waals surface area contributed by atoms with E-state index in [0.717, 1.165) is 4.31 Å². The van der Waals surface area contributed by atoms with E-state index in [1.807, 2.05) is 6.92 Å². The van der Waals surface area contributed by atoms with E-state index >= 15 is 0 Å². The van der Waals surface area contributed by atoms with Gasteiger partial charge in [-0.2, -0.15) is 0 Å². The zero-order valence-corrected chi connectivity index (χ0v) is 17.0. The van der Waals surface area contributed by atoms with Gasteiger partial charge < -0.3 is 18.9 Å². The van der Waals surface area contributed by atoms with Crippen molar-refractivity contribution in [3.05, 3.63) is 42.5 Å². The number of hydrogen-bond donors (Lipinski definition) is 0. The molecule has 8 nitrogen and oxygen atoms in total. The number of methoxy groups -OCH3 is 3. The Bertz CT molecular complexity index is 928. The van der Waals surface area contributed by atoms with Crippen LogP contribution in [0.4, 0.5) is 5.69 Å². The summed E-state index contributed by atoms with van der Waals surface area (Å²) in [5.74, 6) is 0.423. The van der Waals surface area contributed by atoms with Crippen LogP contribution in [0.5, 0.6) is 17.2 Å². The third-order valence-electron chi connectivity index (χ3n) is 3.86. The van der Waals surface area contributed by atoms with Crippen molar-refractivity contribution in [1.29, 1.82) is 0 Å². The topological polar surface area (TPSA) is 91.4 Å². The van der Waals surface area contributed by atoms with Gasteiger partial charge >= 0.3 is 5.97 Å². The molecule has 0 saturated carbocycles. The van der Waals surface area contributed by atoms with Gasteiger partial charge in [-0.25, -0.2) is 8.42 Å². The molecule has 0 unspecified atom stereocenters. The maximum Gasteiger partial charge on any atom is 0.326 e. The number of anilines is 1. The third-order valence-corrected chi connectivity index (χ3v) is 5.63. The van der Waals surface area contributed by atoms with Crippen molar-refractivity contribution in [3.8, 4) is 17.2 Å². The molecule has 152 valence electrons. The summed E-state index contributed by atoms with van der Waals surface area (Å²) in [4.78, 5) is 11.8. The summed E-state index contributed by atoms with van der Waals surface area (Å²) in [7, 11) is -0.0506. The van der Waals surface area contributed by atoms with Crippen molar-refractivity contribution in [1.82, 2.24) is 0 Å². The Morgan fingerprint density at radius 3 is 2.32 bits per heavy atom. The van der Waals surface area contributed by atoms with Gasteiger partial charge in [-0.15, -0.1) is 0 Å². The maximum absolute atomic E-state index is 13.3. The molecule has 0 atom stereocenters. The van der Waals surface area contributed by atoms with Crippen LogP contribution in [0.1, 0.15) is 6.92 Å². The van der Waals surface area contributed by atoms with Crippen molar-refractivity contribution in [3.63, 3.8) is 0 Å². The molecule has 2 rings (SSSR count). The lowest BCUT2D eigenvalue weighted by atomic mass is 10.3. The number of hydrogen-bond acceptors (Lipinski definition) is 7. The van der Waals surface area contributed by atoms with E-state index in [0.29, 0.717) is 18.1 Å². The van der Waals surface area contributed by atoms with Crippen LogP contribution in [-0.4, -0.2) is 48.9 Å². The molecule has 0 bridgehead atoms. The van der Waals surface area contributed by atoms with Crippen LogP contribution in [0, 0.1) is 0 Å². The van der Waals surface area contributed by atoms with Gasteiger partial charge in [0.1, 0.15) is 12.3 Å². The smallest absolute Gasteiger partial charge is 0.326 e. The number of ether oxygens (including phenoxy) is 4. The van der Waals surface area contributed by atoms with Crippen molar-refractivity contribution >= 4 is 21.7 Å². The maximum atomic E-state index is 13.3. The van der Waals surface area contributed by atoms with Crippen LogP contribution in [0.25, 0.3) is 0 Å². The molecular weight excluding hydrogens is 386 g/mol. The molecule has 0 radical (unpaired) electrons. The highest BCUT2D eigenvalue weighted by molar-refractivity contribution is 7.92. The zero-order valence-electron chi connectivity index (χ0n) is 16.2. The van der Waals surface area contributed by atoms with Gasteiger partial charge in [0.2, 0.25) is 0 Å². The number of sulfonamides is 1. The monoisotopic (exact) mass is 409 g/mol. The van der Waals surface area contributed by atoms with Crippen LogP contribution < -0.4 is 18.5 Å². The summed E-state index contributed by atoms with van der Waals surface area (Å²) < 4.78 is 48.0. The lowest BCUT2D eigenvalue weighted by Gasteiger charge is -2.24. The lowest BCUT2D eigenvalue weighted by molar-refractivity contribution is -0.138. The van der Waals surface area contributed by atoms with Crippen molar-refractivity contribution in [2.45, 2.75) is 11.8 Å². The van der Waals surface area contributed by atoms with E-state index in [1.54, 1.807) is 24.3 Å². The molecule has 0 aromatic heterocycles. The second kappa shape index (κ2) is 9.32. The van der Waals surface area contributed by atoms with Gasteiger partial charge in [0.25, 0.3) is 10.0 Å². The Hall–Kier alpha value is -2.94. The van der Waals surface area contributed by atoms with E-state index in [-0.39, 0.29) is 16.3 Å². The quantitative estimate of drug-likeness (QED) is 0.588. The minimum Gasteiger partial charge on any atom is -0.494 e. The summed E-state index contributed by atoms with van der Waals surface area (Å²) in [5, 5.41) is 0. The minimum absolute atomic E-state index is 0.0594. The number of carbonyl (C=O) groups is 1. The Labute approximate surface area is 164 Å². The zero-order chi connectivity index (χ0) is 20.7. The fourth-order valence-electron chi connectivity index (χ4n) is 2.50. The van der Waals surface area contributed by atoms with E-state index < -0.39 is 22.5 Å². The van der Waals surface area contributed by atoms with Crippen molar-refractivity contribution in [2.24, 2.45) is 0 Å². The van der Waals surface area contributed by atoms with Crippen LogP contribution in [-0.2, 0) is 19.6 Å². The van der Waals surface area contributed by atoms with E-state index in [4.69, 9.17) is 14.2 Å². The van der Waals surface area contributed by atoms with Gasteiger partial charge in [-0.1, -0.05) is 6.07 Å². The van der Waals surface area contributed by atoms with Crippen molar-refractivity contribution < 1.29 is 32.2 Å². The van der Waals surface area contributed by atoms with Crippen LogP contribution in [0.3, 0.4) is 0 Å². The lowest BCUT2D eigenvalue weighted by Crippen LogP contribution is -2.36. The van der Waals surface area contributed by atoms with Crippen molar-refractivity contribution in [2.75, 3.05) is 38.8 Å². The fourth-order valence-corrected chi connectivity index (χ4v) is 3.91. The first-order chi connectivity index (χ1) is 13.4. The third kappa shape index (κ3) is 4.66. The van der Waals surface area contributed by atoms with Gasteiger partial charge in [0, 0.05) is 12.1 Å². The highest BCUT2D eigenvalue weighted by Gasteiger charge is 2.29. The highest BCUT2D eigenvalue weighted by atomic mass is 32.2. The SMILES string of the molecule is CCOc1cccc(N(CC(=O)OC)S(=O)(=O)c2ccc(OC)c(OC)c2)c1. The molecule has 0 fully saturated rings. The van der Waals surface area contributed by atoms with Crippen LogP contribution >= 0.6 is 0 Å². The fraction of sp³-hybridized carbons (Fsp3) is 0.316.